The first-order valence-electron chi connectivity index (χ1n) is 6.04. The van der Waals surface area contributed by atoms with Crippen molar-refractivity contribution >= 4 is 5.69 Å². The van der Waals surface area contributed by atoms with Crippen LogP contribution in [-0.4, -0.2) is 26.2 Å². The molecule has 96 valence electrons. The Morgan fingerprint density at radius 2 is 1.94 bits per heavy atom. The van der Waals surface area contributed by atoms with Gasteiger partial charge in [-0.25, -0.2) is 0 Å². The molecule has 0 aliphatic heterocycles. The van der Waals surface area contributed by atoms with Gasteiger partial charge in [0.15, 0.2) is 0 Å². The minimum absolute atomic E-state index is 0.0748. The molecule has 17 heavy (non-hydrogen) atoms. The molecule has 0 aliphatic carbocycles. The van der Waals surface area contributed by atoms with E-state index in [-0.39, 0.29) is 5.54 Å². The summed E-state index contributed by atoms with van der Waals surface area (Å²) in [6.07, 6.45) is 0. The van der Waals surface area contributed by atoms with Crippen LogP contribution < -0.4 is 15.4 Å². The van der Waals surface area contributed by atoms with Crippen LogP contribution in [0, 0.1) is 5.92 Å². The van der Waals surface area contributed by atoms with E-state index in [9.17, 15) is 0 Å². The molecule has 0 bridgehead atoms. The van der Waals surface area contributed by atoms with Gasteiger partial charge in [0, 0.05) is 13.6 Å². The zero-order chi connectivity index (χ0) is 13.1. The number of likely N-dealkylation sites (N-methyl/N-ethyl adjacent to an activating group) is 1. The molecular formula is C14H24N2O. The second-order valence-corrected chi connectivity index (χ2v) is 4.95. The molecule has 3 nitrogen and oxygen atoms in total. The second kappa shape index (κ2) is 5.41. The lowest BCUT2D eigenvalue weighted by Crippen LogP contribution is -2.53. The highest BCUT2D eigenvalue weighted by molar-refractivity contribution is 5.59. The summed E-state index contributed by atoms with van der Waals surface area (Å²) < 4.78 is 5.40. The van der Waals surface area contributed by atoms with Crippen LogP contribution in [0.2, 0.25) is 0 Å². The van der Waals surface area contributed by atoms with E-state index >= 15 is 0 Å². The van der Waals surface area contributed by atoms with Crippen molar-refractivity contribution < 1.29 is 4.74 Å². The summed E-state index contributed by atoms with van der Waals surface area (Å²) in [5.41, 5.74) is 6.96. The van der Waals surface area contributed by atoms with Crippen molar-refractivity contribution in [2.75, 3.05) is 25.6 Å². The van der Waals surface area contributed by atoms with Gasteiger partial charge >= 0.3 is 0 Å². The minimum Gasteiger partial charge on any atom is -0.495 e. The number of nitrogens with two attached hydrogens (primary N) is 1. The third kappa shape index (κ3) is 2.55. The molecular weight excluding hydrogens is 212 g/mol. The Morgan fingerprint density at radius 3 is 2.41 bits per heavy atom. The molecule has 1 rings (SSSR count). The van der Waals surface area contributed by atoms with E-state index in [0.29, 0.717) is 12.5 Å². The van der Waals surface area contributed by atoms with Gasteiger partial charge in [0.2, 0.25) is 0 Å². The first-order chi connectivity index (χ1) is 7.97. The molecule has 0 spiro atoms. The van der Waals surface area contributed by atoms with Gasteiger partial charge < -0.3 is 15.4 Å². The molecule has 0 radical (unpaired) electrons. The number of anilines is 1. The van der Waals surface area contributed by atoms with Crippen LogP contribution in [0.15, 0.2) is 24.3 Å². The van der Waals surface area contributed by atoms with E-state index in [4.69, 9.17) is 10.5 Å². The Bertz CT molecular complexity index is 365. The smallest absolute Gasteiger partial charge is 0.142 e. The molecule has 1 atom stereocenters. The zero-order valence-corrected chi connectivity index (χ0v) is 11.5. The van der Waals surface area contributed by atoms with Crippen LogP contribution in [0.25, 0.3) is 0 Å². The fourth-order valence-electron chi connectivity index (χ4n) is 1.94. The number of hydrogen-bond donors (Lipinski definition) is 1. The standard InChI is InChI=1S/C14H24N2O/c1-11(2)14(3,10-15)16(4)12-8-6-7-9-13(12)17-5/h6-9,11H,10,15H2,1-5H3. The van der Waals surface area contributed by atoms with Crippen molar-refractivity contribution in [1.29, 1.82) is 0 Å². The Hall–Kier alpha value is -1.22. The number of para-hydroxylation sites is 2. The Balaban J connectivity index is 3.14. The fraction of sp³-hybridized carbons (Fsp3) is 0.571. The Labute approximate surface area is 105 Å². The molecule has 0 aliphatic rings. The van der Waals surface area contributed by atoms with Crippen LogP contribution >= 0.6 is 0 Å². The lowest BCUT2D eigenvalue weighted by atomic mass is 9.86. The lowest BCUT2D eigenvalue weighted by Gasteiger charge is -2.43. The van der Waals surface area contributed by atoms with Gasteiger partial charge in [-0.05, 0) is 25.0 Å². The number of hydrogen-bond acceptors (Lipinski definition) is 3. The number of methoxy groups -OCH3 is 1. The molecule has 0 saturated heterocycles. The van der Waals surface area contributed by atoms with Crippen molar-refractivity contribution in [3.8, 4) is 5.75 Å². The van der Waals surface area contributed by atoms with E-state index in [1.165, 1.54) is 0 Å². The highest BCUT2D eigenvalue weighted by Crippen LogP contribution is 2.34. The third-order valence-corrected chi connectivity index (χ3v) is 3.87. The highest BCUT2D eigenvalue weighted by atomic mass is 16.5. The van der Waals surface area contributed by atoms with Crippen LogP contribution in [0.5, 0.6) is 5.75 Å². The molecule has 0 aromatic heterocycles. The summed E-state index contributed by atoms with van der Waals surface area (Å²) in [6.45, 7) is 7.18. The van der Waals surface area contributed by atoms with Crippen LogP contribution in [0.1, 0.15) is 20.8 Å². The van der Waals surface area contributed by atoms with E-state index in [1.54, 1.807) is 7.11 Å². The minimum atomic E-state index is -0.0748. The average Bonchev–Trinajstić information content (AvgIpc) is 2.36. The van der Waals surface area contributed by atoms with E-state index in [0.717, 1.165) is 11.4 Å². The summed E-state index contributed by atoms with van der Waals surface area (Å²) in [5.74, 6) is 1.35. The average molecular weight is 236 g/mol. The van der Waals surface area contributed by atoms with Crippen molar-refractivity contribution in [3.05, 3.63) is 24.3 Å². The molecule has 1 aromatic carbocycles. The molecule has 2 N–H and O–H groups in total. The summed E-state index contributed by atoms with van der Waals surface area (Å²) in [6, 6.07) is 8.04. The first-order valence-corrected chi connectivity index (χ1v) is 6.04. The molecule has 0 amide bonds. The molecule has 1 unspecified atom stereocenters. The molecule has 0 saturated carbocycles. The molecule has 0 heterocycles. The normalized spacial score (nSPS) is 14.5. The maximum atomic E-state index is 5.96. The van der Waals surface area contributed by atoms with E-state index in [1.807, 2.05) is 18.2 Å². The predicted octanol–water partition coefficient (Wildman–Crippen LogP) is 2.50. The SMILES string of the molecule is COc1ccccc1N(C)C(C)(CN)C(C)C. The van der Waals surface area contributed by atoms with Crippen molar-refractivity contribution in [1.82, 2.24) is 0 Å². The van der Waals surface area contributed by atoms with E-state index in [2.05, 4.69) is 38.8 Å². The maximum absolute atomic E-state index is 5.96. The van der Waals surface area contributed by atoms with Gasteiger partial charge in [-0.1, -0.05) is 26.0 Å². The van der Waals surface area contributed by atoms with Gasteiger partial charge in [-0.2, -0.15) is 0 Å². The molecule has 0 fully saturated rings. The van der Waals surface area contributed by atoms with Crippen LogP contribution in [0.4, 0.5) is 5.69 Å². The fourth-order valence-corrected chi connectivity index (χ4v) is 1.94. The predicted molar refractivity (Wildman–Crippen MR) is 73.7 cm³/mol. The van der Waals surface area contributed by atoms with Crippen molar-refractivity contribution in [3.63, 3.8) is 0 Å². The number of benzene rings is 1. The summed E-state index contributed by atoms with van der Waals surface area (Å²) >= 11 is 0. The number of nitrogens with zero attached hydrogens (tertiary/aromatic N) is 1. The highest BCUT2D eigenvalue weighted by Gasteiger charge is 2.32. The summed E-state index contributed by atoms with van der Waals surface area (Å²) in [7, 11) is 3.77. The number of rotatable bonds is 5. The monoisotopic (exact) mass is 236 g/mol. The quantitative estimate of drug-likeness (QED) is 0.853. The van der Waals surface area contributed by atoms with Gasteiger partial charge in [0.25, 0.3) is 0 Å². The topological polar surface area (TPSA) is 38.5 Å². The van der Waals surface area contributed by atoms with E-state index < -0.39 is 0 Å². The first kappa shape index (κ1) is 13.8. The summed E-state index contributed by atoms with van der Waals surface area (Å²) in [4.78, 5) is 2.22. The summed E-state index contributed by atoms with van der Waals surface area (Å²) in [5, 5.41) is 0. The lowest BCUT2D eigenvalue weighted by molar-refractivity contribution is 0.328. The largest absolute Gasteiger partial charge is 0.495 e. The van der Waals surface area contributed by atoms with Crippen molar-refractivity contribution in [2.45, 2.75) is 26.3 Å². The molecule has 1 aromatic rings. The van der Waals surface area contributed by atoms with Crippen molar-refractivity contribution in [2.24, 2.45) is 11.7 Å². The van der Waals surface area contributed by atoms with Gasteiger partial charge in [0.1, 0.15) is 5.75 Å². The van der Waals surface area contributed by atoms with Crippen LogP contribution in [-0.2, 0) is 0 Å². The van der Waals surface area contributed by atoms with Gasteiger partial charge in [0.05, 0.1) is 18.3 Å². The zero-order valence-electron chi connectivity index (χ0n) is 11.5. The van der Waals surface area contributed by atoms with Crippen LogP contribution in [0.3, 0.4) is 0 Å². The Morgan fingerprint density at radius 1 is 1.35 bits per heavy atom. The Kier molecular flexibility index (Phi) is 4.40. The molecule has 3 heteroatoms. The maximum Gasteiger partial charge on any atom is 0.142 e. The van der Waals surface area contributed by atoms with Gasteiger partial charge in [-0.3, -0.25) is 0 Å². The number of ether oxygens (including phenoxy) is 1. The second-order valence-electron chi connectivity index (χ2n) is 4.95. The third-order valence-electron chi connectivity index (χ3n) is 3.87. The van der Waals surface area contributed by atoms with Gasteiger partial charge in [-0.15, -0.1) is 0 Å².